The number of halogens is 1. The largest absolute Gasteiger partial charge is 0.383 e. The van der Waals surface area contributed by atoms with Crippen molar-refractivity contribution in [1.29, 1.82) is 0 Å². The van der Waals surface area contributed by atoms with Crippen molar-refractivity contribution < 1.29 is 4.39 Å². The third-order valence-electron chi connectivity index (χ3n) is 3.45. The third kappa shape index (κ3) is 4.83. The van der Waals surface area contributed by atoms with E-state index in [9.17, 15) is 4.39 Å². The van der Waals surface area contributed by atoms with Crippen LogP contribution in [0.15, 0.2) is 42.6 Å². The molecule has 3 nitrogen and oxygen atoms in total. The Morgan fingerprint density at radius 2 is 2.10 bits per heavy atom. The van der Waals surface area contributed by atoms with Gasteiger partial charge in [-0.25, -0.2) is 9.37 Å². The molecular formula is C17H22FN3. The van der Waals surface area contributed by atoms with E-state index in [4.69, 9.17) is 5.73 Å². The molecule has 0 aliphatic rings. The molecule has 0 fully saturated rings. The second-order valence-electron chi connectivity index (χ2n) is 5.24. The van der Waals surface area contributed by atoms with E-state index >= 15 is 0 Å². The maximum atomic E-state index is 13.3. The van der Waals surface area contributed by atoms with Crippen molar-refractivity contribution >= 4 is 5.82 Å². The van der Waals surface area contributed by atoms with Crippen LogP contribution in [0.2, 0.25) is 0 Å². The first-order valence-corrected chi connectivity index (χ1v) is 7.36. The van der Waals surface area contributed by atoms with Gasteiger partial charge in [-0.15, -0.1) is 0 Å². The number of benzene rings is 1. The fourth-order valence-electron chi connectivity index (χ4n) is 2.40. The summed E-state index contributed by atoms with van der Waals surface area (Å²) in [6.45, 7) is 3.06. The minimum absolute atomic E-state index is 0.192. The lowest BCUT2D eigenvalue weighted by atomic mass is 9.99. The molecule has 1 heterocycles. The number of nitrogens with one attached hydrogen (secondary N) is 1. The minimum Gasteiger partial charge on any atom is -0.383 e. The van der Waals surface area contributed by atoms with E-state index < -0.39 is 0 Å². The predicted octanol–water partition coefficient (Wildman–Crippen LogP) is 2.96. The van der Waals surface area contributed by atoms with Gasteiger partial charge in [-0.1, -0.05) is 25.1 Å². The summed E-state index contributed by atoms with van der Waals surface area (Å²) >= 11 is 0. The Morgan fingerprint density at radius 3 is 2.81 bits per heavy atom. The predicted molar refractivity (Wildman–Crippen MR) is 84.5 cm³/mol. The molecule has 1 aromatic carbocycles. The summed E-state index contributed by atoms with van der Waals surface area (Å²) in [6.07, 6.45) is 4.31. The van der Waals surface area contributed by atoms with Gasteiger partial charge >= 0.3 is 0 Å². The molecule has 21 heavy (non-hydrogen) atoms. The van der Waals surface area contributed by atoms with E-state index in [-0.39, 0.29) is 11.9 Å². The molecule has 0 spiro atoms. The number of nitrogen functional groups attached to an aromatic ring is 1. The topological polar surface area (TPSA) is 50.9 Å². The van der Waals surface area contributed by atoms with Crippen molar-refractivity contribution in [2.24, 2.45) is 0 Å². The monoisotopic (exact) mass is 287 g/mol. The molecule has 0 aliphatic heterocycles. The summed E-state index contributed by atoms with van der Waals surface area (Å²) in [6, 6.07) is 10.9. The van der Waals surface area contributed by atoms with Crippen LogP contribution >= 0.6 is 0 Å². The van der Waals surface area contributed by atoms with E-state index in [1.54, 1.807) is 18.3 Å². The Kier molecular flexibility index (Phi) is 5.69. The number of nitrogens with zero attached hydrogens (tertiary/aromatic N) is 1. The van der Waals surface area contributed by atoms with Crippen LogP contribution in [-0.4, -0.2) is 17.6 Å². The van der Waals surface area contributed by atoms with Crippen LogP contribution in [-0.2, 0) is 12.8 Å². The zero-order valence-electron chi connectivity index (χ0n) is 12.3. The van der Waals surface area contributed by atoms with Crippen molar-refractivity contribution in [2.75, 3.05) is 12.3 Å². The van der Waals surface area contributed by atoms with Gasteiger partial charge < -0.3 is 11.1 Å². The zero-order chi connectivity index (χ0) is 15.1. The normalized spacial score (nSPS) is 12.3. The number of anilines is 1. The molecule has 0 radical (unpaired) electrons. The highest BCUT2D eigenvalue weighted by Crippen LogP contribution is 2.14. The Labute approximate surface area is 125 Å². The standard InChI is InChI=1S/C17H22FN3/c1-2-8-20-16(11-13-5-3-7-15(18)10-13)12-14-6-4-9-21-17(14)19/h3-7,9-10,16,20H,2,8,11-12H2,1H3,(H2,19,21). The summed E-state index contributed by atoms with van der Waals surface area (Å²) in [7, 11) is 0. The smallest absolute Gasteiger partial charge is 0.126 e. The molecular weight excluding hydrogens is 265 g/mol. The molecule has 4 heteroatoms. The van der Waals surface area contributed by atoms with Gasteiger partial charge in [0.1, 0.15) is 11.6 Å². The van der Waals surface area contributed by atoms with E-state index in [2.05, 4.69) is 17.2 Å². The van der Waals surface area contributed by atoms with Crippen LogP contribution in [0.4, 0.5) is 10.2 Å². The molecule has 0 amide bonds. The quantitative estimate of drug-likeness (QED) is 0.823. The van der Waals surface area contributed by atoms with E-state index in [1.165, 1.54) is 6.07 Å². The lowest BCUT2D eigenvalue weighted by Crippen LogP contribution is -2.34. The maximum absolute atomic E-state index is 13.3. The van der Waals surface area contributed by atoms with Crippen molar-refractivity contribution in [3.63, 3.8) is 0 Å². The minimum atomic E-state index is -0.192. The molecule has 0 aliphatic carbocycles. The number of hydrogen-bond donors (Lipinski definition) is 2. The molecule has 0 saturated heterocycles. The molecule has 0 bridgehead atoms. The molecule has 1 unspecified atom stereocenters. The number of aromatic nitrogens is 1. The van der Waals surface area contributed by atoms with Gasteiger partial charge in [0.2, 0.25) is 0 Å². The summed E-state index contributed by atoms with van der Waals surface area (Å²) in [4.78, 5) is 4.12. The highest BCUT2D eigenvalue weighted by atomic mass is 19.1. The SMILES string of the molecule is CCCNC(Cc1cccc(F)c1)Cc1cccnc1N. The molecule has 2 aromatic rings. The van der Waals surface area contributed by atoms with Gasteiger partial charge in [0, 0.05) is 12.2 Å². The lowest BCUT2D eigenvalue weighted by Gasteiger charge is -2.19. The van der Waals surface area contributed by atoms with Crippen LogP contribution in [0.1, 0.15) is 24.5 Å². The molecule has 112 valence electrons. The second-order valence-corrected chi connectivity index (χ2v) is 5.24. The average molecular weight is 287 g/mol. The van der Waals surface area contributed by atoms with Gasteiger partial charge in [-0.05, 0) is 55.1 Å². The molecule has 1 aromatic heterocycles. The maximum Gasteiger partial charge on any atom is 0.126 e. The van der Waals surface area contributed by atoms with E-state index in [1.807, 2.05) is 18.2 Å². The van der Waals surface area contributed by atoms with Crippen LogP contribution in [0.3, 0.4) is 0 Å². The number of pyridine rings is 1. The van der Waals surface area contributed by atoms with E-state index in [0.717, 1.165) is 36.9 Å². The van der Waals surface area contributed by atoms with Gasteiger partial charge in [0.25, 0.3) is 0 Å². The Balaban J connectivity index is 2.09. The summed E-state index contributed by atoms with van der Waals surface area (Å²) in [5.41, 5.74) is 7.94. The van der Waals surface area contributed by atoms with Crippen LogP contribution in [0.25, 0.3) is 0 Å². The Bertz CT molecular complexity index is 571. The highest BCUT2D eigenvalue weighted by molar-refractivity contribution is 5.39. The van der Waals surface area contributed by atoms with Crippen LogP contribution < -0.4 is 11.1 Å². The summed E-state index contributed by atoms with van der Waals surface area (Å²) in [5, 5.41) is 3.51. The molecule has 2 rings (SSSR count). The summed E-state index contributed by atoms with van der Waals surface area (Å²) in [5.74, 6) is 0.377. The number of nitrogens with two attached hydrogens (primary N) is 1. The van der Waals surface area contributed by atoms with Crippen LogP contribution in [0.5, 0.6) is 0 Å². The zero-order valence-corrected chi connectivity index (χ0v) is 12.3. The van der Waals surface area contributed by atoms with Crippen molar-refractivity contribution in [3.8, 4) is 0 Å². The Hall–Kier alpha value is -1.94. The highest BCUT2D eigenvalue weighted by Gasteiger charge is 2.12. The van der Waals surface area contributed by atoms with Crippen molar-refractivity contribution in [1.82, 2.24) is 10.3 Å². The first-order valence-electron chi connectivity index (χ1n) is 7.36. The number of hydrogen-bond acceptors (Lipinski definition) is 3. The van der Waals surface area contributed by atoms with E-state index in [0.29, 0.717) is 5.82 Å². The second kappa shape index (κ2) is 7.74. The van der Waals surface area contributed by atoms with Gasteiger partial charge in [0.05, 0.1) is 0 Å². The third-order valence-corrected chi connectivity index (χ3v) is 3.45. The van der Waals surface area contributed by atoms with Crippen molar-refractivity contribution in [3.05, 3.63) is 59.5 Å². The molecule has 3 N–H and O–H groups in total. The first kappa shape index (κ1) is 15.4. The summed E-state index contributed by atoms with van der Waals surface area (Å²) < 4.78 is 13.3. The van der Waals surface area contributed by atoms with Gasteiger partial charge in [-0.2, -0.15) is 0 Å². The first-order chi connectivity index (χ1) is 10.2. The number of rotatable bonds is 7. The molecule has 1 atom stereocenters. The fraction of sp³-hybridized carbons (Fsp3) is 0.353. The van der Waals surface area contributed by atoms with Gasteiger partial charge in [-0.3, -0.25) is 0 Å². The van der Waals surface area contributed by atoms with Crippen molar-refractivity contribution in [2.45, 2.75) is 32.2 Å². The molecule has 0 saturated carbocycles. The lowest BCUT2D eigenvalue weighted by molar-refractivity contribution is 0.503. The average Bonchev–Trinajstić information content (AvgIpc) is 2.47. The van der Waals surface area contributed by atoms with Crippen LogP contribution in [0, 0.1) is 5.82 Å². The Morgan fingerprint density at radius 1 is 1.24 bits per heavy atom. The van der Waals surface area contributed by atoms with Gasteiger partial charge in [0.15, 0.2) is 0 Å². The fourth-order valence-corrected chi connectivity index (χ4v) is 2.40.